The summed E-state index contributed by atoms with van der Waals surface area (Å²) < 4.78 is 12.8. The zero-order chi connectivity index (χ0) is 18.4. The standard InChI is InChI=1S/C19H20N4O2S/c1-3-12-25-17-8-4-14(5-9-17)13-20-23-18(21-22-19(23)26)15-6-10-16(24-2)11-7-15/h4-11,13H,3,12H2,1-2H3,(H,22,26)/b20-13-. The monoisotopic (exact) mass is 368 g/mol. The predicted octanol–water partition coefficient (Wildman–Crippen LogP) is 4.29. The molecule has 0 spiro atoms. The van der Waals surface area contributed by atoms with E-state index in [4.69, 9.17) is 21.7 Å². The van der Waals surface area contributed by atoms with Crippen molar-refractivity contribution >= 4 is 18.4 Å². The van der Waals surface area contributed by atoms with Crippen LogP contribution < -0.4 is 9.47 Å². The minimum atomic E-state index is 0.426. The lowest BCUT2D eigenvalue weighted by atomic mass is 10.2. The fourth-order valence-electron chi connectivity index (χ4n) is 2.32. The predicted molar refractivity (Wildman–Crippen MR) is 105 cm³/mol. The maximum absolute atomic E-state index is 5.58. The van der Waals surface area contributed by atoms with Crippen LogP contribution >= 0.6 is 12.2 Å². The van der Waals surface area contributed by atoms with E-state index in [1.54, 1.807) is 18.0 Å². The molecule has 0 bridgehead atoms. The lowest BCUT2D eigenvalue weighted by Crippen LogP contribution is -1.96. The highest BCUT2D eigenvalue weighted by molar-refractivity contribution is 7.71. The normalized spacial score (nSPS) is 11.0. The van der Waals surface area contributed by atoms with E-state index < -0.39 is 0 Å². The minimum absolute atomic E-state index is 0.426. The van der Waals surface area contributed by atoms with Gasteiger partial charge in [-0.15, -0.1) is 0 Å². The fourth-order valence-corrected chi connectivity index (χ4v) is 2.50. The van der Waals surface area contributed by atoms with Gasteiger partial charge in [-0.25, -0.2) is 5.10 Å². The number of hydrogen-bond acceptors (Lipinski definition) is 5. The Balaban J connectivity index is 1.82. The largest absolute Gasteiger partial charge is 0.497 e. The molecule has 134 valence electrons. The molecule has 1 N–H and O–H groups in total. The molecule has 3 aromatic rings. The summed E-state index contributed by atoms with van der Waals surface area (Å²) in [6.07, 6.45) is 2.72. The maximum Gasteiger partial charge on any atom is 0.216 e. The zero-order valence-electron chi connectivity index (χ0n) is 14.7. The molecular weight excluding hydrogens is 348 g/mol. The number of hydrogen-bond donors (Lipinski definition) is 1. The SMILES string of the molecule is CCCOc1ccc(/C=N\n2c(-c3ccc(OC)cc3)n[nH]c2=S)cc1. The van der Waals surface area contributed by atoms with E-state index >= 15 is 0 Å². The van der Waals surface area contributed by atoms with Crippen LogP contribution in [-0.4, -0.2) is 34.8 Å². The number of benzene rings is 2. The number of ether oxygens (including phenoxy) is 2. The highest BCUT2D eigenvalue weighted by Crippen LogP contribution is 2.21. The van der Waals surface area contributed by atoms with Gasteiger partial charge in [0.15, 0.2) is 5.82 Å². The van der Waals surface area contributed by atoms with Crippen LogP contribution in [0.1, 0.15) is 18.9 Å². The molecule has 6 nitrogen and oxygen atoms in total. The first-order chi connectivity index (χ1) is 12.7. The molecule has 0 amide bonds. The highest BCUT2D eigenvalue weighted by atomic mass is 32.1. The smallest absolute Gasteiger partial charge is 0.216 e. The van der Waals surface area contributed by atoms with Crippen LogP contribution in [0.5, 0.6) is 11.5 Å². The van der Waals surface area contributed by atoms with E-state index in [9.17, 15) is 0 Å². The number of nitrogens with one attached hydrogen (secondary N) is 1. The van der Waals surface area contributed by atoms with Crippen LogP contribution in [0.3, 0.4) is 0 Å². The molecule has 26 heavy (non-hydrogen) atoms. The van der Waals surface area contributed by atoms with Gasteiger partial charge in [0.25, 0.3) is 0 Å². The second-order valence-electron chi connectivity index (χ2n) is 5.55. The van der Waals surface area contributed by atoms with E-state index in [-0.39, 0.29) is 0 Å². The molecule has 0 aliphatic heterocycles. The van der Waals surface area contributed by atoms with Crippen LogP contribution in [0.2, 0.25) is 0 Å². The van der Waals surface area contributed by atoms with Gasteiger partial charge in [-0.2, -0.15) is 14.9 Å². The van der Waals surface area contributed by atoms with Crippen molar-refractivity contribution in [3.8, 4) is 22.9 Å². The van der Waals surface area contributed by atoms with Crippen LogP contribution in [-0.2, 0) is 0 Å². The Bertz CT molecular complexity index is 927. The zero-order valence-corrected chi connectivity index (χ0v) is 15.5. The van der Waals surface area contributed by atoms with Crippen molar-refractivity contribution < 1.29 is 9.47 Å². The number of methoxy groups -OCH3 is 1. The molecule has 0 aliphatic rings. The van der Waals surface area contributed by atoms with Gasteiger partial charge < -0.3 is 9.47 Å². The van der Waals surface area contributed by atoms with E-state index in [1.807, 2.05) is 48.5 Å². The fraction of sp³-hybridized carbons (Fsp3) is 0.211. The average molecular weight is 368 g/mol. The molecule has 0 saturated carbocycles. The summed E-state index contributed by atoms with van der Waals surface area (Å²) >= 11 is 5.29. The van der Waals surface area contributed by atoms with Gasteiger partial charge in [0, 0.05) is 5.56 Å². The molecule has 0 aliphatic carbocycles. The molecule has 3 rings (SSSR count). The first-order valence-corrected chi connectivity index (χ1v) is 8.71. The number of rotatable bonds is 7. The Morgan fingerprint density at radius 2 is 1.81 bits per heavy atom. The molecule has 0 saturated heterocycles. The van der Waals surface area contributed by atoms with Crippen molar-refractivity contribution in [3.05, 3.63) is 58.9 Å². The minimum Gasteiger partial charge on any atom is -0.497 e. The first kappa shape index (κ1) is 17.9. The molecule has 2 aromatic carbocycles. The Morgan fingerprint density at radius 1 is 1.12 bits per heavy atom. The summed E-state index contributed by atoms with van der Waals surface area (Å²) in [5.74, 6) is 2.27. The summed E-state index contributed by atoms with van der Waals surface area (Å²) in [7, 11) is 1.63. The Hall–Kier alpha value is -2.93. The van der Waals surface area contributed by atoms with Crippen molar-refractivity contribution in [3.63, 3.8) is 0 Å². The Kier molecular flexibility index (Phi) is 5.80. The van der Waals surface area contributed by atoms with E-state index in [1.165, 1.54) is 0 Å². The highest BCUT2D eigenvalue weighted by Gasteiger charge is 2.08. The number of aromatic nitrogens is 3. The van der Waals surface area contributed by atoms with E-state index in [0.29, 0.717) is 17.2 Å². The molecule has 0 fully saturated rings. The van der Waals surface area contributed by atoms with Crippen LogP contribution in [0.25, 0.3) is 11.4 Å². The summed E-state index contributed by atoms with van der Waals surface area (Å²) in [6, 6.07) is 15.3. The molecule has 1 aromatic heterocycles. The van der Waals surface area contributed by atoms with Gasteiger partial charge in [-0.1, -0.05) is 6.92 Å². The topological polar surface area (TPSA) is 64.4 Å². The molecule has 1 heterocycles. The summed E-state index contributed by atoms with van der Waals surface area (Å²) in [5.41, 5.74) is 1.83. The molecular formula is C19H20N4O2S. The second-order valence-corrected chi connectivity index (χ2v) is 5.94. The number of aromatic amines is 1. The maximum atomic E-state index is 5.58. The van der Waals surface area contributed by atoms with Gasteiger partial charge in [0.2, 0.25) is 4.77 Å². The third-order valence-electron chi connectivity index (χ3n) is 3.67. The Morgan fingerprint density at radius 3 is 2.46 bits per heavy atom. The van der Waals surface area contributed by atoms with Gasteiger partial charge in [0.05, 0.1) is 19.9 Å². The van der Waals surface area contributed by atoms with E-state index in [2.05, 4.69) is 22.2 Å². The average Bonchev–Trinajstić information content (AvgIpc) is 3.06. The van der Waals surface area contributed by atoms with Gasteiger partial charge >= 0.3 is 0 Å². The van der Waals surface area contributed by atoms with Crippen molar-refractivity contribution in [1.29, 1.82) is 0 Å². The van der Waals surface area contributed by atoms with Crippen LogP contribution in [0.15, 0.2) is 53.6 Å². The first-order valence-electron chi connectivity index (χ1n) is 8.30. The van der Waals surface area contributed by atoms with Gasteiger partial charge in [0.1, 0.15) is 11.5 Å². The third-order valence-corrected chi connectivity index (χ3v) is 3.94. The van der Waals surface area contributed by atoms with Crippen LogP contribution in [0.4, 0.5) is 0 Å². The van der Waals surface area contributed by atoms with Gasteiger partial charge in [-0.3, -0.25) is 0 Å². The van der Waals surface area contributed by atoms with Crippen LogP contribution in [0, 0.1) is 4.77 Å². The quantitative estimate of drug-likeness (QED) is 0.499. The molecule has 7 heteroatoms. The second kappa shape index (κ2) is 8.44. The Labute approximate surface area is 157 Å². The van der Waals surface area contributed by atoms with Crippen molar-refractivity contribution in [2.75, 3.05) is 13.7 Å². The third kappa shape index (κ3) is 4.18. The molecule has 0 radical (unpaired) electrons. The van der Waals surface area contributed by atoms with Gasteiger partial charge in [-0.05, 0) is 72.7 Å². The summed E-state index contributed by atoms with van der Waals surface area (Å²) in [4.78, 5) is 0. The molecule has 0 atom stereocenters. The van der Waals surface area contributed by atoms with Crippen molar-refractivity contribution in [2.24, 2.45) is 5.10 Å². The number of nitrogens with zero attached hydrogens (tertiary/aromatic N) is 3. The number of H-pyrrole nitrogens is 1. The lowest BCUT2D eigenvalue weighted by Gasteiger charge is -2.04. The van der Waals surface area contributed by atoms with Crippen molar-refractivity contribution in [1.82, 2.24) is 14.9 Å². The molecule has 0 unspecified atom stereocenters. The lowest BCUT2D eigenvalue weighted by molar-refractivity contribution is 0.317. The van der Waals surface area contributed by atoms with E-state index in [0.717, 1.165) is 29.0 Å². The summed E-state index contributed by atoms with van der Waals surface area (Å²) in [6.45, 7) is 2.79. The summed E-state index contributed by atoms with van der Waals surface area (Å²) in [5, 5.41) is 11.5. The van der Waals surface area contributed by atoms with Crippen molar-refractivity contribution in [2.45, 2.75) is 13.3 Å².